The SMILES string of the molecule is Clc1ccc2[nH]c3nc(N/N=C4\CCc5cccnc54)nnc3c2c1. The highest BCUT2D eigenvalue weighted by Crippen LogP contribution is 2.25. The molecule has 0 aliphatic heterocycles. The number of H-pyrrole nitrogens is 1. The number of pyridine rings is 1. The Kier molecular flexibility index (Phi) is 3.14. The van der Waals surface area contributed by atoms with Gasteiger partial charge in [0.05, 0.1) is 11.4 Å². The molecular weight excluding hydrogens is 338 g/mol. The summed E-state index contributed by atoms with van der Waals surface area (Å²) >= 11 is 6.05. The van der Waals surface area contributed by atoms with Crippen LogP contribution in [0, 0.1) is 0 Å². The first-order valence-electron chi connectivity index (χ1n) is 7.86. The van der Waals surface area contributed by atoms with Crippen molar-refractivity contribution in [2.75, 3.05) is 5.43 Å². The standard InChI is InChI=1S/C17H12ClN7/c18-10-4-6-12-11(8-10)15-16(20-12)21-17(25-23-15)24-22-13-5-3-9-2-1-7-19-14(9)13/h1-2,4,6-8H,3,5H2,(H2,20,21,24,25)/b22-13+. The van der Waals surface area contributed by atoms with E-state index >= 15 is 0 Å². The van der Waals surface area contributed by atoms with E-state index in [1.165, 1.54) is 5.56 Å². The van der Waals surface area contributed by atoms with Crippen molar-refractivity contribution in [3.8, 4) is 0 Å². The zero-order valence-corrected chi connectivity index (χ0v) is 13.7. The zero-order valence-electron chi connectivity index (χ0n) is 13.0. The minimum absolute atomic E-state index is 0.335. The van der Waals surface area contributed by atoms with Crippen LogP contribution in [0.25, 0.3) is 22.1 Å². The largest absolute Gasteiger partial charge is 0.338 e. The van der Waals surface area contributed by atoms with Crippen molar-refractivity contribution in [1.82, 2.24) is 25.1 Å². The summed E-state index contributed by atoms with van der Waals surface area (Å²) in [5.74, 6) is 0.335. The van der Waals surface area contributed by atoms with Gasteiger partial charge in [0, 0.05) is 22.1 Å². The molecule has 4 aromatic rings. The van der Waals surface area contributed by atoms with Gasteiger partial charge >= 0.3 is 0 Å². The third kappa shape index (κ3) is 2.40. The number of hydrogen-bond donors (Lipinski definition) is 2. The Labute approximate surface area is 147 Å². The summed E-state index contributed by atoms with van der Waals surface area (Å²) in [6.07, 6.45) is 3.57. The highest BCUT2D eigenvalue weighted by molar-refractivity contribution is 6.31. The molecule has 25 heavy (non-hydrogen) atoms. The number of benzene rings is 1. The van der Waals surface area contributed by atoms with Crippen molar-refractivity contribution in [2.24, 2.45) is 5.10 Å². The summed E-state index contributed by atoms with van der Waals surface area (Å²) in [4.78, 5) is 12.1. The first-order valence-corrected chi connectivity index (χ1v) is 8.24. The Hall–Kier alpha value is -3.06. The molecular formula is C17H12ClN7. The number of hydrogen-bond acceptors (Lipinski definition) is 6. The van der Waals surface area contributed by atoms with E-state index in [-0.39, 0.29) is 0 Å². The average Bonchev–Trinajstić information content (AvgIpc) is 3.20. The molecule has 0 atom stereocenters. The van der Waals surface area contributed by atoms with Gasteiger partial charge in [0.2, 0.25) is 0 Å². The number of nitrogens with zero attached hydrogens (tertiary/aromatic N) is 5. The van der Waals surface area contributed by atoms with Crippen LogP contribution in [0.1, 0.15) is 17.7 Å². The van der Waals surface area contributed by atoms with E-state index in [9.17, 15) is 0 Å². The Morgan fingerprint density at radius 1 is 1.16 bits per heavy atom. The van der Waals surface area contributed by atoms with Gasteiger partial charge in [-0.3, -0.25) is 4.98 Å². The van der Waals surface area contributed by atoms with E-state index < -0.39 is 0 Å². The van der Waals surface area contributed by atoms with E-state index in [2.05, 4.69) is 41.7 Å². The quantitative estimate of drug-likeness (QED) is 0.542. The maximum Gasteiger partial charge on any atom is 0.265 e. The molecule has 1 aliphatic carbocycles. The molecule has 0 fully saturated rings. The van der Waals surface area contributed by atoms with E-state index in [0.29, 0.717) is 22.1 Å². The first kappa shape index (κ1) is 14.3. The highest BCUT2D eigenvalue weighted by Gasteiger charge is 2.18. The highest BCUT2D eigenvalue weighted by atomic mass is 35.5. The zero-order chi connectivity index (χ0) is 16.8. The maximum atomic E-state index is 6.05. The fourth-order valence-electron chi connectivity index (χ4n) is 3.09. The Morgan fingerprint density at radius 3 is 3.08 bits per heavy atom. The van der Waals surface area contributed by atoms with Crippen LogP contribution in [0.2, 0.25) is 5.02 Å². The third-order valence-electron chi connectivity index (χ3n) is 4.26. The molecule has 1 aromatic carbocycles. The number of aromatic nitrogens is 5. The lowest BCUT2D eigenvalue weighted by atomic mass is 10.2. The summed E-state index contributed by atoms with van der Waals surface area (Å²) in [6.45, 7) is 0. The van der Waals surface area contributed by atoms with Crippen LogP contribution in [0.15, 0.2) is 41.6 Å². The lowest BCUT2D eigenvalue weighted by Gasteiger charge is -2.00. The first-order chi connectivity index (χ1) is 12.3. The lowest BCUT2D eigenvalue weighted by molar-refractivity contribution is 1.00. The third-order valence-corrected chi connectivity index (χ3v) is 4.50. The van der Waals surface area contributed by atoms with Crippen LogP contribution >= 0.6 is 11.6 Å². The van der Waals surface area contributed by atoms with E-state index in [1.54, 1.807) is 6.20 Å². The minimum Gasteiger partial charge on any atom is -0.338 e. The molecule has 3 heterocycles. The van der Waals surface area contributed by atoms with Gasteiger partial charge in [-0.2, -0.15) is 10.1 Å². The monoisotopic (exact) mass is 349 g/mol. The average molecular weight is 350 g/mol. The number of anilines is 1. The minimum atomic E-state index is 0.335. The second kappa shape index (κ2) is 5.49. The Bertz CT molecular complexity index is 1150. The number of nitrogens with one attached hydrogen (secondary N) is 2. The van der Waals surface area contributed by atoms with Gasteiger partial charge in [0.15, 0.2) is 5.65 Å². The number of aryl methyl sites for hydroxylation is 1. The topological polar surface area (TPSA) is 91.7 Å². The molecule has 122 valence electrons. The number of halogens is 1. The molecule has 7 nitrogen and oxygen atoms in total. The fraction of sp³-hybridized carbons (Fsp3) is 0.118. The number of hydrazone groups is 1. The van der Waals surface area contributed by atoms with E-state index in [1.807, 2.05) is 24.3 Å². The number of rotatable bonds is 2. The molecule has 0 spiro atoms. The van der Waals surface area contributed by atoms with Crippen LogP contribution < -0.4 is 5.43 Å². The smallest absolute Gasteiger partial charge is 0.265 e. The van der Waals surface area contributed by atoms with Crippen molar-refractivity contribution in [1.29, 1.82) is 0 Å². The van der Waals surface area contributed by atoms with E-state index in [0.717, 1.165) is 35.2 Å². The van der Waals surface area contributed by atoms with Crippen LogP contribution in [0.3, 0.4) is 0 Å². The molecule has 3 aromatic heterocycles. The predicted molar refractivity (Wildman–Crippen MR) is 96.9 cm³/mol. The maximum absolute atomic E-state index is 6.05. The van der Waals surface area contributed by atoms with Gasteiger partial charge in [-0.15, -0.1) is 10.2 Å². The molecule has 0 radical (unpaired) electrons. The summed E-state index contributed by atoms with van der Waals surface area (Å²) in [5.41, 5.74) is 8.18. The Morgan fingerprint density at radius 2 is 2.12 bits per heavy atom. The molecule has 2 N–H and O–H groups in total. The molecule has 8 heteroatoms. The summed E-state index contributed by atoms with van der Waals surface area (Å²) < 4.78 is 0. The second-order valence-electron chi connectivity index (χ2n) is 5.83. The molecule has 1 aliphatic rings. The van der Waals surface area contributed by atoms with Gasteiger partial charge in [-0.25, -0.2) is 5.43 Å². The van der Waals surface area contributed by atoms with Gasteiger partial charge in [0.1, 0.15) is 5.52 Å². The number of fused-ring (bicyclic) bond motifs is 4. The fourth-order valence-corrected chi connectivity index (χ4v) is 3.26. The van der Waals surface area contributed by atoms with Crippen LogP contribution in [0.4, 0.5) is 5.95 Å². The van der Waals surface area contributed by atoms with Crippen molar-refractivity contribution in [2.45, 2.75) is 12.8 Å². The summed E-state index contributed by atoms with van der Waals surface area (Å²) in [7, 11) is 0. The molecule has 0 bridgehead atoms. The van der Waals surface area contributed by atoms with Gasteiger partial charge < -0.3 is 4.98 Å². The van der Waals surface area contributed by atoms with E-state index in [4.69, 9.17) is 11.6 Å². The molecule has 0 saturated heterocycles. The summed E-state index contributed by atoms with van der Waals surface area (Å²) in [6, 6.07) is 9.58. The molecule has 0 saturated carbocycles. The van der Waals surface area contributed by atoms with Crippen molar-refractivity contribution in [3.63, 3.8) is 0 Å². The predicted octanol–water partition coefficient (Wildman–Crippen LogP) is 3.32. The van der Waals surface area contributed by atoms with Gasteiger partial charge in [-0.1, -0.05) is 17.7 Å². The van der Waals surface area contributed by atoms with Crippen molar-refractivity contribution < 1.29 is 0 Å². The van der Waals surface area contributed by atoms with Crippen molar-refractivity contribution in [3.05, 3.63) is 52.8 Å². The normalized spacial score (nSPS) is 15.2. The lowest BCUT2D eigenvalue weighted by Crippen LogP contribution is -2.04. The van der Waals surface area contributed by atoms with Gasteiger partial charge in [0.25, 0.3) is 5.95 Å². The van der Waals surface area contributed by atoms with Crippen LogP contribution in [-0.4, -0.2) is 30.9 Å². The van der Waals surface area contributed by atoms with Gasteiger partial charge in [-0.05, 0) is 42.7 Å². The van der Waals surface area contributed by atoms with Crippen LogP contribution in [-0.2, 0) is 6.42 Å². The van der Waals surface area contributed by atoms with Crippen molar-refractivity contribution >= 4 is 45.3 Å². The molecule has 0 unspecified atom stereocenters. The molecule has 5 rings (SSSR count). The molecule has 0 amide bonds. The summed E-state index contributed by atoms with van der Waals surface area (Å²) in [5, 5.41) is 14.3. The Balaban J connectivity index is 1.50. The van der Waals surface area contributed by atoms with Crippen LogP contribution in [0.5, 0.6) is 0 Å². The number of aromatic amines is 1. The second-order valence-corrected chi connectivity index (χ2v) is 6.27.